The molecule has 2 rings (SSSR count). The first-order valence-electron chi connectivity index (χ1n) is 4.44. The fourth-order valence-corrected chi connectivity index (χ4v) is 1.80. The molecule has 0 fully saturated rings. The van der Waals surface area contributed by atoms with Crippen LogP contribution in [0.2, 0.25) is 0 Å². The zero-order valence-corrected chi connectivity index (χ0v) is 8.71. The Morgan fingerprint density at radius 1 is 1.20 bits per heavy atom. The molecule has 15 heavy (non-hydrogen) atoms. The van der Waals surface area contributed by atoms with Gasteiger partial charge in [0.1, 0.15) is 11.6 Å². The first-order valence-corrected chi connectivity index (χ1v) is 5.32. The van der Waals surface area contributed by atoms with E-state index in [9.17, 15) is 0 Å². The molecule has 0 aliphatic carbocycles. The Hall–Kier alpha value is -1.81. The molecule has 0 radical (unpaired) electrons. The Morgan fingerprint density at radius 2 is 1.93 bits per heavy atom. The second-order valence-corrected chi connectivity index (χ2v) is 3.97. The summed E-state index contributed by atoms with van der Waals surface area (Å²) < 4.78 is 0. The van der Waals surface area contributed by atoms with Gasteiger partial charge >= 0.3 is 0 Å². The first kappa shape index (κ1) is 9.73. The van der Waals surface area contributed by atoms with Crippen molar-refractivity contribution in [1.82, 2.24) is 0 Å². The molecule has 0 bridgehead atoms. The molecule has 0 aliphatic rings. The highest BCUT2D eigenvalue weighted by Crippen LogP contribution is 2.16. The van der Waals surface area contributed by atoms with E-state index in [4.69, 9.17) is 10.5 Å². The summed E-state index contributed by atoms with van der Waals surface area (Å²) >= 11 is 1.52. The van der Waals surface area contributed by atoms with Crippen molar-refractivity contribution in [3.63, 3.8) is 0 Å². The fourth-order valence-electron chi connectivity index (χ4n) is 1.17. The van der Waals surface area contributed by atoms with Gasteiger partial charge in [-0.1, -0.05) is 6.07 Å². The molecular formula is C11H10N2OS. The van der Waals surface area contributed by atoms with E-state index in [2.05, 4.69) is 5.32 Å². The normalized spacial score (nSPS) is 9.87. The van der Waals surface area contributed by atoms with Gasteiger partial charge in [0.05, 0.1) is 4.88 Å². The highest BCUT2D eigenvalue weighted by Gasteiger charge is 2.01. The Labute approximate surface area is 91.5 Å². The number of hydrogen-bond donors (Lipinski definition) is 3. The van der Waals surface area contributed by atoms with Crippen molar-refractivity contribution < 1.29 is 5.11 Å². The molecule has 0 amide bonds. The second-order valence-electron chi connectivity index (χ2n) is 3.02. The van der Waals surface area contributed by atoms with Crippen LogP contribution in [0.4, 0.5) is 5.69 Å². The van der Waals surface area contributed by atoms with E-state index in [0.717, 1.165) is 10.6 Å². The third-order valence-electron chi connectivity index (χ3n) is 1.90. The summed E-state index contributed by atoms with van der Waals surface area (Å²) in [6.45, 7) is 0. The van der Waals surface area contributed by atoms with E-state index in [-0.39, 0.29) is 5.75 Å². The molecule has 2 aromatic rings. The zero-order chi connectivity index (χ0) is 10.7. The van der Waals surface area contributed by atoms with Crippen molar-refractivity contribution in [2.45, 2.75) is 0 Å². The smallest absolute Gasteiger partial charge is 0.140 e. The minimum atomic E-state index is 0.225. The van der Waals surface area contributed by atoms with Crippen LogP contribution in [-0.2, 0) is 0 Å². The number of rotatable bonds is 2. The van der Waals surface area contributed by atoms with Gasteiger partial charge in [-0.15, -0.1) is 11.3 Å². The van der Waals surface area contributed by atoms with Crippen LogP contribution in [0, 0.1) is 5.41 Å². The number of hydrogen-bond acceptors (Lipinski definition) is 3. The molecule has 3 nitrogen and oxygen atoms in total. The standard InChI is InChI=1S/C11H10N2OS/c12-11(10-2-1-7-15-10)13-8-3-5-9(14)6-4-8/h1-7,14H,(H2,12,13). The molecule has 1 aromatic heterocycles. The maximum atomic E-state index is 9.10. The highest BCUT2D eigenvalue weighted by atomic mass is 32.1. The van der Waals surface area contributed by atoms with E-state index in [1.54, 1.807) is 24.3 Å². The van der Waals surface area contributed by atoms with E-state index < -0.39 is 0 Å². The Kier molecular flexibility index (Phi) is 2.69. The number of phenols is 1. The molecule has 0 unspecified atom stereocenters. The lowest BCUT2D eigenvalue weighted by Crippen LogP contribution is -2.09. The summed E-state index contributed by atoms with van der Waals surface area (Å²) in [6, 6.07) is 10.4. The predicted octanol–water partition coefficient (Wildman–Crippen LogP) is 2.89. The van der Waals surface area contributed by atoms with Crippen molar-refractivity contribution in [2.24, 2.45) is 0 Å². The number of anilines is 1. The lowest BCUT2D eigenvalue weighted by Gasteiger charge is -2.05. The fraction of sp³-hybridized carbons (Fsp3) is 0. The van der Waals surface area contributed by atoms with Gasteiger partial charge in [0.25, 0.3) is 0 Å². The highest BCUT2D eigenvalue weighted by molar-refractivity contribution is 7.12. The quantitative estimate of drug-likeness (QED) is 0.412. The summed E-state index contributed by atoms with van der Waals surface area (Å²) in [4.78, 5) is 0.892. The minimum Gasteiger partial charge on any atom is -0.508 e. The molecule has 1 aromatic carbocycles. The van der Waals surface area contributed by atoms with Crippen LogP contribution in [0.25, 0.3) is 0 Å². The van der Waals surface area contributed by atoms with Crippen LogP contribution in [0.1, 0.15) is 4.88 Å². The van der Waals surface area contributed by atoms with E-state index in [0.29, 0.717) is 5.84 Å². The third kappa shape index (κ3) is 2.35. The first-order chi connectivity index (χ1) is 7.25. The van der Waals surface area contributed by atoms with E-state index in [1.165, 1.54) is 11.3 Å². The number of phenolic OH excluding ortho intramolecular Hbond substituents is 1. The zero-order valence-electron chi connectivity index (χ0n) is 7.90. The molecule has 1 heterocycles. The average Bonchev–Trinajstić information content (AvgIpc) is 2.74. The monoisotopic (exact) mass is 218 g/mol. The Bertz CT molecular complexity index is 448. The van der Waals surface area contributed by atoms with Gasteiger partial charge in [-0.05, 0) is 35.7 Å². The lowest BCUT2D eigenvalue weighted by atomic mass is 10.3. The number of aromatic hydroxyl groups is 1. The van der Waals surface area contributed by atoms with Crippen LogP contribution >= 0.6 is 11.3 Å². The third-order valence-corrected chi connectivity index (χ3v) is 2.79. The van der Waals surface area contributed by atoms with Crippen LogP contribution in [-0.4, -0.2) is 10.9 Å². The van der Waals surface area contributed by atoms with Crippen molar-refractivity contribution in [2.75, 3.05) is 5.32 Å². The largest absolute Gasteiger partial charge is 0.508 e. The molecule has 76 valence electrons. The van der Waals surface area contributed by atoms with Crippen LogP contribution in [0.15, 0.2) is 41.8 Å². The molecular weight excluding hydrogens is 208 g/mol. The minimum absolute atomic E-state index is 0.225. The average molecular weight is 218 g/mol. The Morgan fingerprint density at radius 3 is 2.53 bits per heavy atom. The molecule has 0 aliphatic heterocycles. The molecule has 0 saturated carbocycles. The molecule has 0 saturated heterocycles. The van der Waals surface area contributed by atoms with Crippen molar-refractivity contribution in [3.8, 4) is 5.75 Å². The van der Waals surface area contributed by atoms with Gasteiger partial charge < -0.3 is 10.4 Å². The van der Waals surface area contributed by atoms with Gasteiger partial charge in [-0.25, -0.2) is 0 Å². The summed E-state index contributed by atoms with van der Waals surface area (Å²) in [5.41, 5.74) is 0.797. The van der Waals surface area contributed by atoms with Crippen molar-refractivity contribution in [1.29, 1.82) is 5.41 Å². The molecule has 3 N–H and O–H groups in total. The van der Waals surface area contributed by atoms with Crippen molar-refractivity contribution in [3.05, 3.63) is 46.7 Å². The second kappa shape index (κ2) is 4.14. The van der Waals surface area contributed by atoms with E-state index >= 15 is 0 Å². The molecule has 0 spiro atoms. The predicted molar refractivity (Wildman–Crippen MR) is 62.9 cm³/mol. The SMILES string of the molecule is N=C(Nc1ccc(O)cc1)c1cccs1. The van der Waals surface area contributed by atoms with E-state index in [1.807, 2.05) is 17.5 Å². The Balaban J connectivity index is 2.09. The lowest BCUT2D eigenvalue weighted by molar-refractivity contribution is 0.475. The van der Waals surface area contributed by atoms with Gasteiger partial charge in [0.2, 0.25) is 0 Å². The summed E-state index contributed by atoms with van der Waals surface area (Å²) in [7, 11) is 0. The molecule has 0 atom stereocenters. The van der Waals surface area contributed by atoms with Crippen LogP contribution in [0.5, 0.6) is 5.75 Å². The number of benzene rings is 1. The van der Waals surface area contributed by atoms with Crippen LogP contribution in [0.3, 0.4) is 0 Å². The number of amidine groups is 1. The van der Waals surface area contributed by atoms with Crippen molar-refractivity contribution >= 4 is 22.9 Å². The topological polar surface area (TPSA) is 56.1 Å². The summed E-state index contributed by atoms with van der Waals surface area (Å²) in [6.07, 6.45) is 0. The maximum absolute atomic E-state index is 9.10. The van der Waals surface area contributed by atoms with Gasteiger partial charge in [0, 0.05) is 5.69 Å². The van der Waals surface area contributed by atoms with Gasteiger partial charge in [0.15, 0.2) is 0 Å². The maximum Gasteiger partial charge on any atom is 0.140 e. The summed E-state index contributed by atoms with van der Waals surface area (Å²) in [5, 5.41) is 21.8. The molecule has 4 heteroatoms. The number of nitrogens with one attached hydrogen (secondary N) is 2. The summed E-state index contributed by atoms with van der Waals surface area (Å²) in [5.74, 6) is 0.596. The van der Waals surface area contributed by atoms with Gasteiger partial charge in [-0.2, -0.15) is 0 Å². The number of thiophene rings is 1. The van der Waals surface area contributed by atoms with Crippen LogP contribution < -0.4 is 5.32 Å². The van der Waals surface area contributed by atoms with Gasteiger partial charge in [-0.3, -0.25) is 5.41 Å².